The molecular weight excluding hydrogens is 262 g/mol. The lowest BCUT2D eigenvalue weighted by Crippen LogP contribution is -2.30. The maximum atomic E-state index is 11.9. The van der Waals surface area contributed by atoms with Gasteiger partial charge in [-0.1, -0.05) is 0 Å². The summed E-state index contributed by atoms with van der Waals surface area (Å²) in [4.78, 5) is 25.8. The van der Waals surface area contributed by atoms with Crippen LogP contribution in [0.25, 0.3) is 0 Å². The molecule has 0 saturated heterocycles. The Hall–Kier alpha value is -2.77. The van der Waals surface area contributed by atoms with Crippen LogP contribution in [0.1, 0.15) is 18.5 Å². The molecule has 20 heavy (non-hydrogen) atoms. The summed E-state index contributed by atoms with van der Waals surface area (Å²) in [5.74, 6) is -0.264. The Kier molecular flexibility index (Phi) is 4.04. The molecule has 0 aliphatic carbocycles. The van der Waals surface area contributed by atoms with Crippen LogP contribution >= 0.6 is 0 Å². The zero-order valence-corrected chi connectivity index (χ0v) is 10.8. The van der Waals surface area contributed by atoms with Gasteiger partial charge in [0, 0.05) is 18.9 Å². The monoisotopic (exact) mass is 275 g/mol. The second-order valence-electron chi connectivity index (χ2n) is 4.18. The topological polar surface area (TPSA) is 103 Å². The van der Waals surface area contributed by atoms with Crippen molar-refractivity contribution < 1.29 is 9.72 Å². The summed E-state index contributed by atoms with van der Waals surface area (Å²) in [7, 11) is 0. The Labute approximate surface area is 114 Å². The minimum absolute atomic E-state index is 0.140. The summed E-state index contributed by atoms with van der Waals surface area (Å²) in [6.07, 6.45) is 5.63. The van der Waals surface area contributed by atoms with Crippen molar-refractivity contribution in [3.8, 4) is 0 Å². The number of pyridine rings is 1. The molecule has 1 N–H and O–H groups in total. The number of aromatic nitrogens is 3. The standard InChI is InChI=1S/C12H13N5O3/c1-9(16-8-11(7-15-16)17(19)20)12(18)14-6-10-2-4-13-5-3-10/h2-5,7-9H,6H2,1H3,(H,14,18). The molecule has 0 aromatic carbocycles. The summed E-state index contributed by atoms with van der Waals surface area (Å²) in [5, 5.41) is 17.1. The molecule has 0 fully saturated rings. The molecule has 0 radical (unpaired) electrons. The first kappa shape index (κ1) is 13.7. The van der Waals surface area contributed by atoms with Gasteiger partial charge in [0.1, 0.15) is 18.4 Å². The number of carbonyl (C=O) groups excluding carboxylic acids is 1. The van der Waals surface area contributed by atoms with Gasteiger partial charge in [0.2, 0.25) is 5.91 Å². The summed E-state index contributed by atoms with van der Waals surface area (Å²) < 4.78 is 1.26. The summed E-state index contributed by atoms with van der Waals surface area (Å²) in [6.45, 7) is 1.99. The highest BCUT2D eigenvalue weighted by molar-refractivity contribution is 5.79. The Bertz CT molecular complexity index is 611. The molecule has 1 unspecified atom stereocenters. The van der Waals surface area contributed by atoms with Crippen LogP contribution in [0.4, 0.5) is 5.69 Å². The lowest BCUT2D eigenvalue weighted by molar-refractivity contribution is -0.385. The first-order valence-electron chi connectivity index (χ1n) is 5.93. The van der Waals surface area contributed by atoms with Gasteiger partial charge in [-0.2, -0.15) is 5.10 Å². The van der Waals surface area contributed by atoms with Crippen LogP contribution in [-0.4, -0.2) is 25.6 Å². The molecule has 0 spiro atoms. The summed E-state index contributed by atoms with van der Waals surface area (Å²) >= 11 is 0. The van der Waals surface area contributed by atoms with E-state index in [2.05, 4.69) is 15.4 Å². The highest BCUT2D eigenvalue weighted by Gasteiger charge is 2.18. The number of hydrogen-bond acceptors (Lipinski definition) is 5. The average molecular weight is 275 g/mol. The first-order chi connectivity index (χ1) is 9.58. The normalized spacial score (nSPS) is 11.8. The number of hydrogen-bond donors (Lipinski definition) is 1. The van der Waals surface area contributed by atoms with Crippen molar-refractivity contribution in [1.82, 2.24) is 20.1 Å². The van der Waals surface area contributed by atoms with E-state index in [0.29, 0.717) is 6.54 Å². The molecule has 0 saturated carbocycles. The van der Waals surface area contributed by atoms with Crippen molar-refractivity contribution in [2.24, 2.45) is 0 Å². The van der Waals surface area contributed by atoms with E-state index in [4.69, 9.17) is 0 Å². The van der Waals surface area contributed by atoms with Crippen molar-refractivity contribution in [3.63, 3.8) is 0 Å². The summed E-state index contributed by atoms with van der Waals surface area (Å²) in [6, 6.07) is 2.97. The summed E-state index contributed by atoms with van der Waals surface area (Å²) in [5.41, 5.74) is 0.783. The van der Waals surface area contributed by atoms with E-state index in [1.807, 2.05) is 0 Å². The Morgan fingerprint density at radius 1 is 1.50 bits per heavy atom. The third-order valence-corrected chi connectivity index (χ3v) is 2.79. The third kappa shape index (κ3) is 3.16. The fraction of sp³-hybridized carbons (Fsp3) is 0.250. The smallest absolute Gasteiger partial charge is 0.307 e. The van der Waals surface area contributed by atoms with Crippen LogP contribution in [0.15, 0.2) is 36.9 Å². The molecule has 1 atom stereocenters. The highest BCUT2D eigenvalue weighted by Crippen LogP contribution is 2.12. The van der Waals surface area contributed by atoms with Crippen LogP contribution in [0.3, 0.4) is 0 Å². The molecule has 104 valence electrons. The lowest BCUT2D eigenvalue weighted by Gasteiger charge is -2.12. The molecule has 0 aliphatic rings. The van der Waals surface area contributed by atoms with Crippen molar-refractivity contribution >= 4 is 11.6 Å². The minimum atomic E-state index is -0.620. The largest absolute Gasteiger partial charge is 0.350 e. The van der Waals surface area contributed by atoms with Crippen molar-refractivity contribution in [3.05, 3.63) is 52.6 Å². The third-order valence-electron chi connectivity index (χ3n) is 2.79. The fourth-order valence-electron chi connectivity index (χ4n) is 1.59. The van der Waals surface area contributed by atoms with Gasteiger partial charge in [0.05, 0.1) is 4.92 Å². The molecule has 2 aromatic heterocycles. The van der Waals surface area contributed by atoms with Crippen LogP contribution in [0.5, 0.6) is 0 Å². The van der Waals surface area contributed by atoms with E-state index in [0.717, 1.165) is 11.8 Å². The number of amides is 1. The number of nitro groups is 1. The molecule has 2 aromatic rings. The van der Waals surface area contributed by atoms with Gasteiger partial charge >= 0.3 is 5.69 Å². The quantitative estimate of drug-likeness (QED) is 0.649. The van der Waals surface area contributed by atoms with Gasteiger partial charge < -0.3 is 5.32 Å². The first-order valence-corrected chi connectivity index (χ1v) is 5.93. The van der Waals surface area contributed by atoms with Gasteiger partial charge in [-0.05, 0) is 24.6 Å². The zero-order chi connectivity index (χ0) is 14.5. The lowest BCUT2D eigenvalue weighted by atomic mass is 10.2. The van der Waals surface area contributed by atoms with E-state index in [1.54, 1.807) is 31.5 Å². The molecular formula is C12H13N5O3. The van der Waals surface area contributed by atoms with Crippen molar-refractivity contribution in [2.75, 3.05) is 0 Å². The van der Waals surface area contributed by atoms with E-state index in [1.165, 1.54) is 10.9 Å². The van der Waals surface area contributed by atoms with E-state index in [9.17, 15) is 14.9 Å². The van der Waals surface area contributed by atoms with Crippen LogP contribution in [-0.2, 0) is 11.3 Å². The Morgan fingerprint density at radius 3 is 2.80 bits per heavy atom. The van der Waals surface area contributed by atoms with E-state index in [-0.39, 0.29) is 11.6 Å². The highest BCUT2D eigenvalue weighted by atomic mass is 16.6. The van der Waals surface area contributed by atoms with E-state index >= 15 is 0 Å². The van der Waals surface area contributed by atoms with Crippen molar-refractivity contribution in [1.29, 1.82) is 0 Å². The molecule has 8 heteroatoms. The van der Waals surface area contributed by atoms with Gasteiger partial charge in [-0.3, -0.25) is 24.6 Å². The maximum absolute atomic E-state index is 11.9. The minimum Gasteiger partial charge on any atom is -0.350 e. The second-order valence-corrected chi connectivity index (χ2v) is 4.18. The number of nitrogens with one attached hydrogen (secondary N) is 1. The van der Waals surface area contributed by atoms with Gasteiger partial charge in [-0.25, -0.2) is 0 Å². The average Bonchev–Trinajstić information content (AvgIpc) is 2.95. The van der Waals surface area contributed by atoms with Gasteiger partial charge in [-0.15, -0.1) is 0 Å². The molecule has 2 heterocycles. The predicted octanol–water partition coefficient (Wildman–Crippen LogP) is 1.06. The number of carbonyl (C=O) groups is 1. The van der Waals surface area contributed by atoms with Crippen LogP contribution in [0.2, 0.25) is 0 Å². The van der Waals surface area contributed by atoms with Crippen LogP contribution < -0.4 is 5.32 Å². The molecule has 0 bridgehead atoms. The van der Waals surface area contributed by atoms with Crippen molar-refractivity contribution in [2.45, 2.75) is 19.5 Å². The molecule has 8 nitrogen and oxygen atoms in total. The van der Waals surface area contributed by atoms with E-state index < -0.39 is 11.0 Å². The van der Waals surface area contributed by atoms with Gasteiger partial charge in [0.15, 0.2) is 0 Å². The second kappa shape index (κ2) is 5.91. The fourth-order valence-corrected chi connectivity index (χ4v) is 1.59. The Balaban J connectivity index is 1.96. The van der Waals surface area contributed by atoms with Crippen LogP contribution in [0, 0.1) is 10.1 Å². The maximum Gasteiger partial charge on any atom is 0.307 e. The zero-order valence-electron chi connectivity index (χ0n) is 10.8. The SMILES string of the molecule is CC(C(=O)NCc1ccncc1)n1cc([N+](=O)[O-])cn1. The number of rotatable bonds is 5. The predicted molar refractivity (Wildman–Crippen MR) is 69.7 cm³/mol. The molecule has 2 rings (SSSR count). The molecule has 0 aliphatic heterocycles. The Morgan fingerprint density at radius 2 is 2.20 bits per heavy atom. The molecule has 1 amide bonds. The van der Waals surface area contributed by atoms with Gasteiger partial charge in [0.25, 0.3) is 0 Å². The number of nitrogens with zero attached hydrogens (tertiary/aromatic N) is 4.